The van der Waals surface area contributed by atoms with E-state index in [1.807, 2.05) is 43.9 Å². The predicted octanol–water partition coefficient (Wildman–Crippen LogP) is 3.56. The van der Waals surface area contributed by atoms with Gasteiger partial charge in [-0.25, -0.2) is 19.4 Å². The second kappa shape index (κ2) is 6.92. The number of amides is 2. The molecule has 3 heterocycles. The van der Waals surface area contributed by atoms with Crippen molar-refractivity contribution >= 4 is 23.0 Å². The number of aryl methyl sites for hydroxylation is 1. The van der Waals surface area contributed by atoms with Gasteiger partial charge in [-0.1, -0.05) is 12.1 Å². The highest BCUT2D eigenvalue weighted by atomic mass is 16.2. The molecule has 1 saturated heterocycles. The van der Waals surface area contributed by atoms with Gasteiger partial charge in [0.15, 0.2) is 0 Å². The van der Waals surface area contributed by atoms with E-state index in [4.69, 9.17) is 0 Å². The first-order valence-corrected chi connectivity index (χ1v) is 9.74. The van der Waals surface area contributed by atoms with Crippen LogP contribution >= 0.6 is 0 Å². The second-order valence-corrected chi connectivity index (χ2v) is 8.35. The van der Waals surface area contributed by atoms with Gasteiger partial charge in [-0.2, -0.15) is 0 Å². The quantitative estimate of drug-likeness (QED) is 0.736. The molecule has 3 aromatic rings. The molecule has 0 unspecified atom stereocenters. The molecule has 0 saturated carbocycles. The van der Waals surface area contributed by atoms with E-state index in [-0.39, 0.29) is 11.6 Å². The van der Waals surface area contributed by atoms with Crippen molar-refractivity contribution in [2.45, 2.75) is 52.1 Å². The van der Waals surface area contributed by atoms with Crippen LogP contribution in [0.3, 0.4) is 0 Å². The van der Waals surface area contributed by atoms with Gasteiger partial charge in [-0.3, -0.25) is 5.32 Å². The summed E-state index contributed by atoms with van der Waals surface area (Å²) in [6.07, 6.45) is 3.45. The Morgan fingerprint density at radius 2 is 1.89 bits per heavy atom. The van der Waals surface area contributed by atoms with Crippen LogP contribution in [0, 0.1) is 6.92 Å². The summed E-state index contributed by atoms with van der Waals surface area (Å²) in [6, 6.07) is 8.44. The number of aromatic nitrogens is 5. The smallest absolute Gasteiger partial charge is 0.324 e. The lowest BCUT2D eigenvalue weighted by Crippen LogP contribution is -2.41. The maximum Gasteiger partial charge on any atom is 0.324 e. The maximum absolute atomic E-state index is 12.6. The molecule has 28 heavy (non-hydrogen) atoms. The summed E-state index contributed by atoms with van der Waals surface area (Å²) in [5.74, 6) is 1.37. The summed E-state index contributed by atoms with van der Waals surface area (Å²) >= 11 is 0. The highest BCUT2D eigenvalue weighted by Crippen LogP contribution is 2.28. The number of para-hydroxylation sites is 2. The van der Waals surface area contributed by atoms with Crippen molar-refractivity contribution in [1.29, 1.82) is 0 Å². The maximum atomic E-state index is 12.6. The third-order valence-corrected chi connectivity index (χ3v) is 5.29. The van der Waals surface area contributed by atoms with Gasteiger partial charge in [0.05, 0.1) is 16.6 Å². The van der Waals surface area contributed by atoms with E-state index in [1.54, 1.807) is 11.0 Å². The molecule has 0 atom stereocenters. The first-order valence-electron chi connectivity index (χ1n) is 9.74. The van der Waals surface area contributed by atoms with E-state index in [0.29, 0.717) is 25.1 Å². The van der Waals surface area contributed by atoms with Gasteiger partial charge in [0.1, 0.15) is 12.2 Å². The van der Waals surface area contributed by atoms with E-state index < -0.39 is 0 Å². The Morgan fingerprint density at radius 1 is 1.18 bits per heavy atom. The number of likely N-dealkylation sites (tertiary alicyclic amines) is 1. The minimum absolute atomic E-state index is 0.141. The number of fused-ring (bicyclic) bond motifs is 1. The van der Waals surface area contributed by atoms with Gasteiger partial charge in [-0.15, -0.1) is 5.10 Å². The molecule has 1 fully saturated rings. The molecular formula is C20H27N7O. The highest BCUT2D eigenvalue weighted by Gasteiger charge is 2.26. The number of anilines is 1. The van der Waals surface area contributed by atoms with E-state index in [2.05, 4.69) is 37.9 Å². The zero-order chi connectivity index (χ0) is 19.9. The van der Waals surface area contributed by atoms with Crippen LogP contribution in [-0.4, -0.2) is 48.3 Å². The first-order chi connectivity index (χ1) is 13.3. The Labute approximate surface area is 164 Å². The van der Waals surface area contributed by atoms with Gasteiger partial charge >= 0.3 is 6.03 Å². The molecule has 0 radical (unpaired) electrons. The third kappa shape index (κ3) is 3.46. The lowest BCUT2D eigenvalue weighted by Gasteiger charge is -2.33. The minimum atomic E-state index is -0.167. The number of urea groups is 1. The second-order valence-electron chi connectivity index (χ2n) is 8.35. The molecule has 1 N–H and O–H groups in total. The van der Waals surface area contributed by atoms with Crippen molar-refractivity contribution in [1.82, 2.24) is 29.2 Å². The Balaban J connectivity index is 1.40. The molecule has 8 nitrogen and oxygen atoms in total. The molecule has 1 aliphatic rings. The summed E-state index contributed by atoms with van der Waals surface area (Å²) in [4.78, 5) is 23.3. The number of hydrogen-bond acceptors (Lipinski definition) is 4. The van der Waals surface area contributed by atoms with Crippen LogP contribution in [-0.2, 0) is 5.54 Å². The lowest BCUT2D eigenvalue weighted by molar-refractivity contribution is 0.184. The zero-order valence-electron chi connectivity index (χ0n) is 16.9. The third-order valence-electron chi connectivity index (χ3n) is 5.29. The Morgan fingerprint density at radius 3 is 2.57 bits per heavy atom. The topological polar surface area (TPSA) is 80.9 Å². The monoisotopic (exact) mass is 381 g/mol. The Kier molecular flexibility index (Phi) is 4.56. The standard InChI is InChI=1S/C20H27N7O/c1-14-22-16-7-5-6-8-17(16)27(14)15-9-11-25(12-10-15)19(28)23-18-21-13-26(24-18)20(2,3)4/h5-8,13,15H,9-12H2,1-4H3,(H,23,24,28). The number of rotatable bonds is 2. The van der Waals surface area contributed by atoms with E-state index >= 15 is 0 Å². The van der Waals surface area contributed by atoms with Gasteiger partial charge in [-0.05, 0) is 52.7 Å². The van der Waals surface area contributed by atoms with Crippen molar-refractivity contribution in [3.05, 3.63) is 36.4 Å². The van der Waals surface area contributed by atoms with Gasteiger partial charge in [0, 0.05) is 19.1 Å². The molecule has 4 rings (SSSR count). The fraction of sp³-hybridized carbons (Fsp3) is 0.500. The van der Waals surface area contributed by atoms with Crippen molar-refractivity contribution in [2.24, 2.45) is 0 Å². The Hall–Kier alpha value is -2.90. The molecule has 1 aliphatic heterocycles. The average Bonchev–Trinajstić information content (AvgIpc) is 3.25. The highest BCUT2D eigenvalue weighted by molar-refractivity contribution is 5.87. The predicted molar refractivity (Wildman–Crippen MR) is 108 cm³/mol. The number of carbonyl (C=O) groups excluding carboxylic acids is 1. The first kappa shape index (κ1) is 18.5. The lowest BCUT2D eigenvalue weighted by atomic mass is 10.0. The molecule has 148 valence electrons. The number of piperidine rings is 1. The largest absolute Gasteiger partial charge is 0.325 e. The van der Waals surface area contributed by atoms with Crippen molar-refractivity contribution < 1.29 is 4.79 Å². The number of imidazole rings is 1. The normalized spacial score (nSPS) is 15.9. The molecule has 0 aliphatic carbocycles. The number of benzene rings is 1. The van der Waals surface area contributed by atoms with Crippen LogP contribution in [0.15, 0.2) is 30.6 Å². The molecule has 1 aromatic carbocycles. The molecule has 2 aromatic heterocycles. The average molecular weight is 381 g/mol. The number of nitrogens with one attached hydrogen (secondary N) is 1. The van der Waals surface area contributed by atoms with Gasteiger partial charge < -0.3 is 9.47 Å². The van der Waals surface area contributed by atoms with Crippen LogP contribution in [0.5, 0.6) is 0 Å². The fourth-order valence-electron chi connectivity index (χ4n) is 3.77. The number of nitrogens with zero attached hydrogens (tertiary/aromatic N) is 6. The summed E-state index contributed by atoms with van der Waals surface area (Å²) in [5, 5.41) is 7.17. The van der Waals surface area contributed by atoms with Crippen LogP contribution in [0.2, 0.25) is 0 Å². The van der Waals surface area contributed by atoms with E-state index in [1.165, 1.54) is 5.52 Å². The summed E-state index contributed by atoms with van der Waals surface area (Å²) in [7, 11) is 0. The minimum Gasteiger partial charge on any atom is -0.325 e. The zero-order valence-corrected chi connectivity index (χ0v) is 16.9. The summed E-state index contributed by atoms with van der Waals surface area (Å²) in [6.45, 7) is 9.57. The van der Waals surface area contributed by atoms with Gasteiger partial charge in [0.2, 0.25) is 5.95 Å². The number of carbonyl (C=O) groups is 1. The SMILES string of the molecule is Cc1nc2ccccc2n1C1CCN(C(=O)Nc2ncn(C(C)(C)C)n2)CC1. The molecule has 0 bridgehead atoms. The van der Waals surface area contributed by atoms with Crippen LogP contribution in [0.25, 0.3) is 11.0 Å². The van der Waals surface area contributed by atoms with Crippen LogP contribution in [0.1, 0.15) is 45.5 Å². The fourth-order valence-corrected chi connectivity index (χ4v) is 3.77. The molecule has 8 heteroatoms. The summed E-state index contributed by atoms with van der Waals surface area (Å²) < 4.78 is 4.07. The van der Waals surface area contributed by atoms with Gasteiger partial charge in [0.25, 0.3) is 0 Å². The van der Waals surface area contributed by atoms with E-state index in [9.17, 15) is 4.79 Å². The number of hydrogen-bond donors (Lipinski definition) is 1. The molecule has 0 spiro atoms. The van der Waals surface area contributed by atoms with Crippen molar-refractivity contribution in [2.75, 3.05) is 18.4 Å². The molecular weight excluding hydrogens is 354 g/mol. The van der Waals surface area contributed by atoms with E-state index in [0.717, 1.165) is 24.2 Å². The molecule has 2 amide bonds. The Bertz CT molecular complexity index is 990. The van der Waals surface area contributed by atoms with Crippen LogP contribution in [0.4, 0.5) is 10.7 Å². The summed E-state index contributed by atoms with van der Waals surface area (Å²) in [5.41, 5.74) is 2.03. The van der Waals surface area contributed by atoms with Crippen molar-refractivity contribution in [3.63, 3.8) is 0 Å². The van der Waals surface area contributed by atoms with Crippen molar-refractivity contribution in [3.8, 4) is 0 Å². The van der Waals surface area contributed by atoms with Crippen LogP contribution < -0.4 is 5.32 Å².